The maximum atomic E-state index is 13.1. The first-order valence-electron chi connectivity index (χ1n) is 6.87. The number of amides is 1. The number of nitrogens with one attached hydrogen (secondary N) is 1. The highest BCUT2D eigenvalue weighted by atomic mass is 19.1. The van der Waals surface area contributed by atoms with E-state index in [4.69, 9.17) is 4.74 Å². The molecule has 2 rings (SSSR count). The van der Waals surface area contributed by atoms with Gasteiger partial charge in [0.15, 0.2) is 11.9 Å². The Bertz CT molecular complexity index is 794. The average molecular weight is 332 g/mol. The highest BCUT2D eigenvalue weighted by Crippen LogP contribution is 2.28. The van der Waals surface area contributed by atoms with Gasteiger partial charge in [0.2, 0.25) is 0 Å². The van der Waals surface area contributed by atoms with Gasteiger partial charge in [0.25, 0.3) is 5.91 Å². The molecule has 0 unspecified atom stereocenters. The Labute approximate surface area is 136 Å². The smallest absolute Gasteiger partial charge is 0.311 e. The zero-order chi connectivity index (χ0) is 17.7. The van der Waals surface area contributed by atoms with Crippen LogP contribution in [0.2, 0.25) is 0 Å². The number of halogens is 1. The van der Waals surface area contributed by atoms with Gasteiger partial charge in [0.05, 0.1) is 4.92 Å². The molecule has 0 aliphatic rings. The molecule has 0 aliphatic heterocycles. The second kappa shape index (κ2) is 7.32. The Morgan fingerprint density at radius 3 is 2.71 bits per heavy atom. The van der Waals surface area contributed by atoms with Gasteiger partial charge in [0.1, 0.15) is 12.1 Å². The van der Waals surface area contributed by atoms with Crippen molar-refractivity contribution in [3.05, 3.63) is 64.0 Å². The van der Waals surface area contributed by atoms with Crippen LogP contribution in [0.4, 0.5) is 15.8 Å². The Morgan fingerprint density at radius 1 is 1.33 bits per heavy atom. The van der Waals surface area contributed by atoms with E-state index in [1.807, 2.05) is 0 Å². The first-order chi connectivity index (χ1) is 11.4. The molecule has 0 aromatic heterocycles. The van der Waals surface area contributed by atoms with E-state index in [0.717, 1.165) is 12.1 Å². The van der Waals surface area contributed by atoms with Gasteiger partial charge < -0.3 is 10.1 Å². The van der Waals surface area contributed by atoms with Crippen molar-refractivity contribution < 1.29 is 23.6 Å². The number of rotatable bonds is 6. The number of anilines is 1. The summed E-state index contributed by atoms with van der Waals surface area (Å²) < 4.78 is 18.4. The van der Waals surface area contributed by atoms with Crippen LogP contribution < -0.4 is 10.1 Å². The van der Waals surface area contributed by atoms with E-state index in [9.17, 15) is 24.1 Å². The topological polar surface area (TPSA) is 98.5 Å². The van der Waals surface area contributed by atoms with Crippen LogP contribution in [0.15, 0.2) is 42.5 Å². The minimum Gasteiger partial charge on any atom is -0.474 e. The van der Waals surface area contributed by atoms with Gasteiger partial charge >= 0.3 is 5.69 Å². The molecule has 7 nitrogen and oxygen atoms in total. The quantitative estimate of drug-likeness (QED) is 0.498. The molecule has 0 heterocycles. The Balaban J connectivity index is 2.14. The SMILES string of the molecule is C[C@@H](Oc1ccc(C=O)cc1[N+](=O)[O-])C(=O)Nc1cccc(F)c1. The minimum atomic E-state index is -1.07. The molecule has 24 heavy (non-hydrogen) atoms. The van der Waals surface area contributed by atoms with Crippen molar-refractivity contribution in [1.29, 1.82) is 0 Å². The molecule has 1 amide bonds. The zero-order valence-corrected chi connectivity index (χ0v) is 12.6. The lowest BCUT2D eigenvalue weighted by atomic mass is 10.2. The third kappa shape index (κ3) is 4.13. The molecule has 0 fully saturated rings. The van der Waals surface area contributed by atoms with Crippen molar-refractivity contribution in [2.75, 3.05) is 5.32 Å². The number of aldehydes is 1. The molecule has 2 aromatic rings. The van der Waals surface area contributed by atoms with Crippen molar-refractivity contribution >= 4 is 23.6 Å². The number of hydrogen-bond donors (Lipinski definition) is 1. The van der Waals surface area contributed by atoms with Crippen LogP contribution in [0, 0.1) is 15.9 Å². The number of hydrogen-bond acceptors (Lipinski definition) is 5. The molecular weight excluding hydrogens is 319 g/mol. The van der Waals surface area contributed by atoms with Crippen LogP contribution in [0.5, 0.6) is 5.75 Å². The normalized spacial score (nSPS) is 11.4. The summed E-state index contributed by atoms with van der Waals surface area (Å²) in [6, 6.07) is 8.92. The molecule has 0 saturated carbocycles. The van der Waals surface area contributed by atoms with Crippen molar-refractivity contribution in [3.8, 4) is 5.75 Å². The van der Waals surface area contributed by atoms with Crippen LogP contribution in [0.1, 0.15) is 17.3 Å². The Morgan fingerprint density at radius 2 is 2.08 bits per heavy atom. The van der Waals surface area contributed by atoms with Crippen LogP contribution >= 0.6 is 0 Å². The number of nitro benzene ring substituents is 1. The number of nitro groups is 1. The fourth-order valence-electron chi connectivity index (χ4n) is 1.90. The van der Waals surface area contributed by atoms with Crippen LogP contribution in [-0.2, 0) is 4.79 Å². The number of ether oxygens (including phenoxy) is 1. The number of nitrogens with zero attached hydrogens (tertiary/aromatic N) is 1. The molecule has 2 aromatic carbocycles. The lowest BCUT2D eigenvalue weighted by molar-refractivity contribution is -0.386. The van der Waals surface area contributed by atoms with Crippen LogP contribution in [-0.4, -0.2) is 23.2 Å². The molecule has 0 bridgehead atoms. The summed E-state index contributed by atoms with van der Waals surface area (Å²) >= 11 is 0. The third-order valence-electron chi connectivity index (χ3n) is 3.08. The molecule has 1 N–H and O–H groups in total. The summed E-state index contributed by atoms with van der Waals surface area (Å²) in [4.78, 5) is 33.1. The first kappa shape index (κ1) is 17.1. The lowest BCUT2D eigenvalue weighted by Crippen LogP contribution is -2.30. The fraction of sp³-hybridized carbons (Fsp3) is 0.125. The van der Waals surface area contributed by atoms with E-state index in [2.05, 4.69) is 5.32 Å². The second-order valence-electron chi connectivity index (χ2n) is 4.86. The van der Waals surface area contributed by atoms with Gasteiger partial charge in [-0.15, -0.1) is 0 Å². The van der Waals surface area contributed by atoms with E-state index in [1.54, 1.807) is 0 Å². The zero-order valence-electron chi connectivity index (χ0n) is 12.6. The Hall–Kier alpha value is -3.29. The Kier molecular flexibility index (Phi) is 5.20. The third-order valence-corrected chi connectivity index (χ3v) is 3.08. The molecule has 124 valence electrons. The number of carbonyl (C=O) groups is 2. The second-order valence-corrected chi connectivity index (χ2v) is 4.86. The van der Waals surface area contributed by atoms with Gasteiger partial charge in [-0.1, -0.05) is 6.07 Å². The van der Waals surface area contributed by atoms with E-state index < -0.39 is 28.4 Å². The van der Waals surface area contributed by atoms with Gasteiger partial charge in [-0.3, -0.25) is 19.7 Å². The summed E-state index contributed by atoms with van der Waals surface area (Å²) in [6.45, 7) is 1.39. The molecular formula is C16H13FN2O5. The van der Waals surface area contributed by atoms with Gasteiger partial charge in [-0.05, 0) is 37.3 Å². The summed E-state index contributed by atoms with van der Waals surface area (Å²) in [6.07, 6.45) is -0.606. The predicted octanol–water partition coefficient (Wildman–Crippen LogP) is 2.95. The molecule has 0 spiro atoms. The molecule has 0 radical (unpaired) electrons. The van der Waals surface area contributed by atoms with Crippen molar-refractivity contribution in [3.63, 3.8) is 0 Å². The molecule has 8 heteroatoms. The van der Waals surface area contributed by atoms with E-state index in [-0.39, 0.29) is 17.0 Å². The molecule has 0 aliphatic carbocycles. The summed E-state index contributed by atoms with van der Waals surface area (Å²) in [5, 5.41) is 13.5. The fourth-order valence-corrected chi connectivity index (χ4v) is 1.90. The van der Waals surface area contributed by atoms with Crippen LogP contribution in [0.3, 0.4) is 0 Å². The maximum Gasteiger partial charge on any atom is 0.311 e. The predicted molar refractivity (Wildman–Crippen MR) is 83.6 cm³/mol. The van der Waals surface area contributed by atoms with Crippen molar-refractivity contribution in [2.24, 2.45) is 0 Å². The number of carbonyl (C=O) groups excluding carboxylic acids is 2. The van der Waals surface area contributed by atoms with Gasteiger partial charge in [0, 0.05) is 17.3 Å². The van der Waals surface area contributed by atoms with Crippen molar-refractivity contribution in [1.82, 2.24) is 0 Å². The largest absolute Gasteiger partial charge is 0.474 e. The van der Waals surface area contributed by atoms with Crippen LogP contribution in [0.25, 0.3) is 0 Å². The lowest BCUT2D eigenvalue weighted by Gasteiger charge is -2.15. The van der Waals surface area contributed by atoms with E-state index in [0.29, 0.717) is 6.29 Å². The minimum absolute atomic E-state index is 0.117. The van der Waals surface area contributed by atoms with E-state index >= 15 is 0 Å². The highest BCUT2D eigenvalue weighted by molar-refractivity contribution is 5.94. The van der Waals surface area contributed by atoms with E-state index in [1.165, 1.54) is 37.3 Å². The van der Waals surface area contributed by atoms with Gasteiger partial charge in [-0.2, -0.15) is 0 Å². The average Bonchev–Trinajstić information content (AvgIpc) is 2.54. The highest BCUT2D eigenvalue weighted by Gasteiger charge is 2.22. The molecule has 1 atom stereocenters. The standard InChI is InChI=1S/C16H13FN2O5/c1-10(16(21)18-13-4-2-3-12(17)8-13)24-15-6-5-11(9-20)7-14(15)19(22)23/h2-10H,1H3,(H,18,21)/t10-/m1/s1. The summed E-state index contributed by atoms with van der Waals surface area (Å²) in [5.41, 5.74) is -0.0721. The number of benzene rings is 2. The van der Waals surface area contributed by atoms with Crippen molar-refractivity contribution in [2.45, 2.75) is 13.0 Å². The summed E-state index contributed by atoms with van der Waals surface area (Å²) in [5.74, 6) is -1.26. The summed E-state index contributed by atoms with van der Waals surface area (Å²) in [7, 11) is 0. The van der Waals surface area contributed by atoms with Gasteiger partial charge in [-0.25, -0.2) is 4.39 Å². The first-order valence-corrected chi connectivity index (χ1v) is 6.87. The molecule has 0 saturated heterocycles. The monoisotopic (exact) mass is 332 g/mol. The maximum absolute atomic E-state index is 13.1.